The van der Waals surface area contributed by atoms with Crippen molar-refractivity contribution in [3.8, 4) is 0 Å². The predicted octanol–water partition coefficient (Wildman–Crippen LogP) is 3.13. The Morgan fingerprint density at radius 2 is 1.55 bits per heavy atom. The summed E-state index contributed by atoms with van der Waals surface area (Å²) in [6.07, 6.45) is 3.96. The summed E-state index contributed by atoms with van der Waals surface area (Å²) in [6, 6.07) is 8.86. The minimum absolute atomic E-state index is 0.0818. The van der Waals surface area contributed by atoms with E-state index in [0.717, 1.165) is 58.4 Å². The molecule has 2 aliphatic rings. The highest BCUT2D eigenvalue weighted by atomic mass is 32.2. The van der Waals surface area contributed by atoms with Crippen LogP contribution in [0, 0.1) is 5.92 Å². The molecule has 164 valence electrons. The Morgan fingerprint density at radius 1 is 0.966 bits per heavy atom. The van der Waals surface area contributed by atoms with Crippen LogP contribution in [0.1, 0.15) is 46.5 Å². The molecule has 1 heterocycles. The molecular weight excluding hydrogens is 384 g/mol. The van der Waals surface area contributed by atoms with Gasteiger partial charge < -0.3 is 15.1 Å². The van der Waals surface area contributed by atoms with Gasteiger partial charge >= 0.3 is 0 Å². The topological polar surface area (TPSA) is 64.7 Å². The first-order valence-electron chi connectivity index (χ1n) is 10.9. The Morgan fingerprint density at radius 3 is 2.10 bits per heavy atom. The van der Waals surface area contributed by atoms with Crippen molar-refractivity contribution >= 4 is 21.4 Å². The maximum atomic E-state index is 12.3. The molecule has 7 heteroatoms. The Bertz CT molecular complexity index is 742. The summed E-state index contributed by atoms with van der Waals surface area (Å²) < 4.78 is 26.8. The Kier molecular flexibility index (Phi) is 7.12. The van der Waals surface area contributed by atoms with Crippen LogP contribution in [0.5, 0.6) is 0 Å². The van der Waals surface area contributed by atoms with E-state index >= 15 is 0 Å². The van der Waals surface area contributed by atoms with Crippen LogP contribution < -0.4 is 14.9 Å². The molecule has 29 heavy (non-hydrogen) atoms. The first-order chi connectivity index (χ1) is 13.6. The Hall–Kier alpha value is -1.31. The number of likely N-dealkylation sites (N-methyl/N-ethyl adjacent to an activating group) is 1. The molecule has 0 bridgehead atoms. The van der Waals surface area contributed by atoms with Gasteiger partial charge in [0.2, 0.25) is 10.0 Å². The molecule has 1 aromatic rings. The van der Waals surface area contributed by atoms with Crippen LogP contribution >= 0.6 is 0 Å². The monoisotopic (exact) mass is 422 g/mol. The quantitative estimate of drug-likeness (QED) is 0.737. The summed E-state index contributed by atoms with van der Waals surface area (Å²) in [6.45, 7) is 10.6. The van der Waals surface area contributed by atoms with Gasteiger partial charge in [0.25, 0.3) is 0 Å². The highest BCUT2D eigenvalue weighted by molar-refractivity contribution is 7.90. The highest BCUT2D eigenvalue weighted by Gasteiger charge is 2.32. The summed E-state index contributed by atoms with van der Waals surface area (Å²) in [5, 5.41) is 3.57. The van der Waals surface area contributed by atoms with Gasteiger partial charge in [0.1, 0.15) is 0 Å². The third-order valence-electron chi connectivity index (χ3n) is 6.31. The largest absolute Gasteiger partial charge is 0.385 e. The van der Waals surface area contributed by atoms with Crippen molar-refractivity contribution in [1.82, 2.24) is 9.62 Å². The number of piperazine rings is 1. The smallest absolute Gasteiger partial charge is 0.216 e. The lowest BCUT2D eigenvalue weighted by atomic mass is 9.86. The maximum absolute atomic E-state index is 12.3. The van der Waals surface area contributed by atoms with E-state index < -0.39 is 14.8 Å². The molecule has 2 fully saturated rings. The van der Waals surface area contributed by atoms with E-state index in [1.165, 1.54) is 11.4 Å². The molecule has 3 rings (SSSR count). The summed E-state index contributed by atoms with van der Waals surface area (Å²) in [7, 11) is -1.08. The number of sulfonamides is 1. The number of benzene rings is 1. The fourth-order valence-electron chi connectivity index (χ4n) is 4.00. The van der Waals surface area contributed by atoms with Gasteiger partial charge in [0, 0.05) is 50.1 Å². The Balaban J connectivity index is 1.41. The van der Waals surface area contributed by atoms with Crippen molar-refractivity contribution in [2.45, 2.75) is 57.2 Å². The number of anilines is 2. The van der Waals surface area contributed by atoms with Crippen molar-refractivity contribution in [2.75, 3.05) is 50.0 Å². The van der Waals surface area contributed by atoms with E-state index in [4.69, 9.17) is 0 Å². The van der Waals surface area contributed by atoms with E-state index in [-0.39, 0.29) is 6.04 Å². The lowest BCUT2D eigenvalue weighted by Gasteiger charge is -2.34. The molecule has 1 saturated heterocycles. The molecule has 1 saturated carbocycles. The molecule has 0 unspecified atom stereocenters. The van der Waals surface area contributed by atoms with Crippen LogP contribution in [0.25, 0.3) is 0 Å². The minimum Gasteiger partial charge on any atom is -0.385 e. The maximum Gasteiger partial charge on any atom is 0.216 e. The third kappa shape index (κ3) is 6.09. The average molecular weight is 423 g/mol. The van der Waals surface area contributed by atoms with Gasteiger partial charge in [0.05, 0.1) is 4.75 Å². The van der Waals surface area contributed by atoms with E-state index in [0.29, 0.717) is 5.92 Å². The van der Waals surface area contributed by atoms with Crippen LogP contribution in [-0.2, 0) is 10.0 Å². The minimum atomic E-state index is -3.26. The van der Waals surface area contributed by atoms with Gasteiger partial charge in [-0.3, -0.25) is 0 Å². The standard InChI is InChI=1S/C22H38N4O2S/c1-22(2,3)29(27,28)24-20-7-5-18(6-8-20)17-23-19-9-11-21(12-10-19)26-15-13-25(4)14-16-26/h9-12,18,20,23-24H,5-8,13-17H2,1-4H3. The van der Waals surface area contributed by atoms with Crippen LogP contribution in [0.2, 0.25) is 0 Å². The predicted molar refractivity (Wildman–Crippen MR) is 122 cm³/mol. The molecule has 6 nitrogen and oxygen atoms in total. The normalized spacial score (nSPS) is 24.5. The van der Waals surface area contributed by atoms with E-state index in [2.05, 4.69) is 51.2 Å². The van der Waals surface area contributed by atoms with Crippen molar-refractivity contribution in [2.24, 2.45) is 5.92 Å². The van der Waals surface area contributed by atoms with Crippen molar-refractivity contribution < 1.29 is 8.42 Å². The molecule has 0 aromatic heterocycles. The summed E-state index contributed by atoms with van der Waals surface area (Å²) in [5.41, 5.74) is 2.47. The van der Waals surface area contributed by atoms with Crippen molar-refractivity contribution in [1.29, 1.82) is 0 Å². The first-order valence-corrected chi connectivity index (χ1v) is 12.4. The fraction of sp³-hybridized carbons (Fsp3) is 0.727. The third-order valence-corrected chi connectivity index (χ3v) is 8.56. The molecule has 1 aromatic carbocycles. The van der Waals surface area contributed by atoms with Crippen molar-refractivity contribution in [3.05, 3.63) is 24.3 Å². The van der Waals surface area contributed by atoms with Crippen LogP contribution in [0.3, 0.4) is 0 Å². The first kappa shape index (κ1) is 22.4. The number of nitrogens with one attached hydrogen (secondary N) is 2. The summed E-state index contributed by atoms with van der Waals surface area (Å²) in [5.74, 6) is 0.600. The molecular formula is C22H38N4O2S. The van der Waals surface area contributed by atoms with Gasteiger partial charge in [-0.05, 0) is 83.7 Å². The number of hydrogen-bond donors (Lipinski definition) is 2. The lowest BCUT2D eigenvalue weighted by Crippen LogP contribution is -2.46. The SMILES string of the molecule is CN1CCN(c2ccc(NCC3CCC(NS(=O)(=O)C(C)(C)C)CC3)cc2)CC1. The van der Waals surface area contributed by atoms with Crippen LogP contribution in [0.4, 0.5) is 11.4 Å². The van der Waals surface area contributed by atoms with Crippen LogP contribution in [-0.4, -0.2) is 63.9 Å². The average Bonchev–Trinajstić information content (AvgIpc) is 2.67. The molecule has 0 radical (unpaired) electrons. The van der Waals surface area contributed by atoms with Gasteiger partial charge in [-0.2, -0.15) is 0 Å². The van der Waals surface area contributed by atoms with E-state index in [1.54, 1.807) is 20.8 Å². The molecule has 0 amide bonds. The van der Waals surface area contributed by atoms with Gasteiger partial charge in [0.15, 0.2) is 0 Å². The van der Waals surface area contributed by atoms with E-state index in [9.17, 15) is 8.42 Å². The number of rotatable bonds is 6. The second-order valence-electron chi connectivity index (χ2n) is 9.67. The summed E-state index contributed by atoms with van der Waals surface area (Å²) in [4.78, 5) is 4.82. The lowest BCUT2D eigenvalue weighted by molar-refractivity contribution is 0.313. The second kappa shape index (κ2) is 9.23. The van der Waals surface area contributed by atoms with Gasteiger partial charge in [-0.1, -0.05) is 0 Å². The zero-order valence-electron chi connectivity index (χ0n) is 18.4. The second-order valence-corrected chi connectivity index (χ2v) is 12.1. The highest BCUT2D eigenvalue weighted by Crippen LogP contribution is 2.27. The molecule has 1 aliphatic carbocycles. The molecule has 2 N–H and O–H groups in total. The summed E-state index contributed by atoms with van der Waals surface area (Å²) >= 11 is 0. The zero-order chi connectivity index (χ0) is 21.1. The zero-order valence-corrected chi connectivity index (χ0v) is 19.3. The number of nitrogens with zero attached hydrogens (tertiary/aromatic N) is 2. The van der Waals surface area contributed by atoms with Gasteiger partial charge in [-0.25, -0.2) is 13.1 Å². The molecule has 1 aliphatic heterocycles. The molecule has 0 atom stereocenters. The fourth-order valence-corrected chi connectivity index (χ4v) is 5.03. The van der Waals surface area contributed by atoms with E-state index in [1.807, 2.05) is 0 Å². The molecule has 0 spiro atoms. The Labute approximate surface area is 177 Å². The van der Waals surface area contributed by atoms with Crippen molar-refractivity contribution in [3.63, 3.8) is 0 Å². The number of hydrogen-bond acceptors (Lipinski definition) is 5. The van der Waals surface area contributed by atoms with Gasteiger partial charge in [-0.15, -0.1) is 0 Å². The van der Waals surface area contributed by atoms with Crippen LogP contribution in [0.15, 0.2) is 24.3 Å².